The summed E-state index contributed by atoms with van der Waals surface area (Å²) in [6, 6.07) is 0. The minimum absolute atomic E-state index is 0.365. The van der Waals surface area contributed by atoms with Crippen molar-refractivity contribution >= 4 is 11.2 Å². The minimum Gasteiger partial charge on any atom is -0.331 e. The largest absolute Gasteiger partial charge is 0.346 e. The first kappa shape index (κ1) is 6.09. The van der Waals surface area contributed by atoms with E-state index >= 15 is 0 Å². The van der Waals surface area contributed by atoms with E-state index in [0.29, 0.717) is 5.65 Å². The van der Waals surface area contributed by atoms with Gasteiger partial charge in [0.05, 0.1) is 12.5 Å². The maximum atomic E-state index is 10.7. The normalized spacial score (nSPS) is 10.6. The monoisotopic (exact) mass is 150 g/mol. The van der Waals surface area contributed by atoms with Crippen LogP contribution in [0.25, 0.3) is 11.2 Å². The molecule has 5 heteroatoms. The van der Waals surface area contributed by atoms with Crippen molar-refractivity contribution in [2.75, 3.05) is 0 Å². The lowest BCUT2D eigenvalue weighted by Gasteiger charge is -1.89. The second-order valence-corrected chi connectivity index (χ2v) is 2.28. The summed E-state index contributed by atoms with van der Waals surface area (Å²) >= 11 is 0. The molecule has 56 valence electrons. The average Bonchev–Trinajstić information content (AvgIpc) is 2.32. The molecule has 0 bridgehead atoms. The van der Waals surface area contributed by atoms with Crippen molar-refractivity contribution in [1.29, 1.82) is 0 Å². The molecule has 2 heterocycles. The Morgan fingerprint density at radius 1 is 1.55 bits per heavy atom. The van der Waals surface area contributed by atoms with Gasteiger partial charge in [0.1, 0.15) is 5.52 Å². The third-order valence-corrected chi connectivity index (χ3v) is 1.51. The zero-order chi connectivity index (χ0) is 7.84. The molecule has 2 aromatic rings. The molecule has 0 fully saturated rings. The smallest absolute Gasteiger partial charge is 0.331 e. The molecule has 2 aromatic heterocycles. The van der Waals surface area contributed by atoms with Crippen molar-refractivity contribution in [3.05, 3.63) is 23.0 Å². The van der Waals surface area contributed by atoms with Crippen LogP contribution in [0, 0.1) is 0 Å². The quantitative estimate of drug-likeness (QED) is 0.558. The first-order valence-electron chi connectivity index (χ1n) is 3.14. The van der Waals surface area contributed by atoms with Crippen LogP contribution in [0.1, 0.15) is 0 Å². The predicted octanol–water partition coefficient (Wildman–Crippen LogP) is -0.343. The lowest BCUT2D eigenvalue weighted by molar-refractivity contribution is 0.943. The van der Waals surface area contributed by atoms with Gasteiger partial charge in [0, 0.05) is 7.05 Å². The molecular formula is C6H6N4O. The summed E-state index contributed by atoms with van der Waals surface area (Å²) in [7, 11) is 1.84. The highest BCUT2D eigenvalue weighted by Crippen LogP contribution is 2.02. The summed E-state index contributed by atoms with van der Waals surface area (Å²) in [6.07, 6.45) is 3.13. The maximum absolute atomic E-state index is 10.7. The number of aryl methyl sites for hydroxylation is 1. The van der Waals surface area contributed by atoms with E-state index in [2.05, 4.69) is 15.0 Å². The number of fused-ring (bicyclic) bond motifs is 1. The number of aromatic amines is 1. The van der Waals surface area contributed by atoms with Gasteiger partial charge in [-0.05, 0) is 0 Å². The van der Waals surface area contributed by atoms with Crippen molar-refractivity contribution in [2.24, 2.45) is 7.05 Å². The van der Waals surface area contributed by atoms with Gasteiger partial charge in [-0.25, -0.2) is 9.78 Å². The Morgan fingerprint density at radius 3 is 3.18 bits per heavy atom. The molecule has 0 aliphatic carbocycles. The number of nitrogens with one attached hydrogen (secondary N) is 1. The summed E-state index contributed by atoms with van der Waals surface area (Å²) in [5, 5.41) is 0. The molecule has 0 spiro atoms. The fraction of sp³-hybridized carbons (Fsp3) is 0.167. The van der Waals surface area contributed by atoms with E-state index in [-0.39, 0.29) is 5.69 Å². The number of aromatic nitrogens is 4. The summed E-state index contributed by atoms with van der Waals surface area (Å²) in [5.41, 5.74) is 1.04. The Balaban J connectivity index is 2.96. The van der Waals surface area contributed by atoms with Crippen molar-refractivity contribution in [2.45, 2.75) is 0 Å². The van der Waals surface area contributed by atoms with Gasteiger partial charge in [-0.15, -0.1) is 0 Å². The van der Waals surface area contributed by atoms with Gasteiger partial charge in [-0.3, -0.25) is 4.98 Å². The SMILES string of the molecule is Cn1cnc2[nH]c(=O)ncc21. The van der Waals surface area contributed by atoms with Gasteiger partial charge in [0.25, 0.3) is 0 Å². The lowest BCUT2D eigenvalue weighted by Crippen LogP contribution is -2.08. The molecule has 1 N–H and O–H groups in total. The number of imidazole rings is 1. The number of H-pyrrole nitrogens is 1. The van der Waals surface area contributed by atoms with Crippen LogP contribution in [-0.2, 0) is 7.05 Å². The van der Waals surface area contributed by atoms with E-state index in [1.165, 1.54) is 6.20 Å². The third-order valence-electron chi connectivity index (χ3n) is 1.51. The molecule has 0 saturated heterocycles. The van der Waals surface area contributed by atoms with Crippen LogP contribution >= 0.6 is 0 Å². The van der Waals surface area contributed by atoms with Crippen LogP contribution in [0.15, 0.2) is 17.3 Å². The van der Waals surface area contributed by atoms with Gasteiger partial charge in [0.2, 0.25) is 0 Å². The molecule has 0 aliphatic rings. The van der Waals surface area contributed by atoms with E-state index in [1.54, 1.807) is 10.9 Å². The molecule has 0 saturated carbocycles. The molecular weight excluding hydrogens is 144 g/mol. The van der Waals surface area contributed by atoms with E-state index in [4.69, 9.17) is 0 Å². The Morgan fingerprint density at radius 2 is 2.36 bits per heavy atom. The molecule has 0 radical (unpaired) electrons. The second kappa shape index (κ2) is 1.91. The molecule has 0 unspecified atom stereocenters. The van der Waals surface area contributed by atoms with Gasteiger partial charge >= 0.3 is 5.69 Å². The van der Waals surface area contributed by atoms with Crippen LogP contribution in [0.2, 0.25) is 0 Å². The molecule has 2 rings (SSSR count). The van der Waals surface area contributed by atoms with Crippen LogP contribution in [0.4, 0.5) is 0 Å². The van der Waals surface area contributed by atoms with Gasteiger partial charge < -0.3 is 4.57 Å². The maximum Gasteiger partial charge on any atom is 0.346 e. The van der Waals surface area contributed by atoms with Crippen LogP contribution in [0.3, 0.4) is 0 Å². The summed E-state index contributed by atoms with van der Waals surface area (Å²) < 4.78 is 1.79. The molecule has 0 atom stereocenters. The van der Waals surface area contributed by atoms with Crippen molar-refractivity contribution in [3.8, 4) is 0 Å². The number of hydrogen-bond acceptors (Lipinski definition) is 3. The average molecular weight is 150 g/mol. The van der Waals surface area contributed by atoms with E-state index in [0.717, 1.165) is 5.52 Å². The second-order valence-electron chi connectivity index (χ2n) is 2.28. The van der Waals surface area contributed by atoms with E-state index in [9.17, 15) is 4.79 Å². The topological polar surface area (TPSA) is 63.6 Å². The van der Waals surface area contributed by atoms with E-state index in [1.807, 2.05) is 7.05 Å². The number of rotatable bonds is 0. The highest BCUT2D eigenvalue weighted by atomic mass is 16.1. The molecule has 5 nitrogen and oxygen atoms in total. The molecule has 0 aliphatic heterocycles. The first-order chi connectivity index (χ1) is 5.27. The van der Waals surface area contributed by atoms with Crippen molar-refractivity contribution in [1.82, 2.24) is 19.5 Å². The fourth-order valence-corrected chi connectivity index (χ4v) is 0.942. The molecule has 11 heavy (non-hydrogen) atoms. The third kappa shape index (κ3) is 0.813. The molecule has 0 amide bonds. The first-order valence-corrected chi connectivity index (χ1v) is 3.14. The van der Waals surface area contributed by atoms with Crippen molar-refractivity contribution < 1.29 is 0 Å². The van der Waals surface area contributed by atoms with Crippen molar-refractivity contribution in [3.63, 3.8) is 0 Å². The summed E-state index contributed by atoms with van der Waals surface area (Å²) in [4.78, 5) is 20.7. The summed E-state index contributed by atoms with van der Waals surface area (Å²) in [5.74, 6) is 0. The Hall–Kier alpha value is -1.65. The van der Waals surface area contributed by atoms with Gasteiger partial charge in [-0.1, -0.05) is 0 Å². The van der Waals surface area contributed by atoms with E-state index < -0.39 is 0 Å². The number of nitrogens with zero attached hydrogens (tertiary/aromatic N) is 3. The Kier molecular flexibility index (Phi) is 1.06. The van der Waals surface area contributed by atoms with Gasteiger partial charge in [0.15, 0.2) is 5.65 Å². The van der Waals surface area contributed by atoms with Crippen LogP contribution < -0.4 is 5.69 Å². The Bertz CT molecular complexity index is 441. The highest BCUT2D eigenvalue weighted by molar-refractivity contribution is 5.68. The standard InChI is InChI=1S/C6H6N4O/c1-10-3-8-5-4(10)2-7-6(11)9-5/h2-3H,1H3,(H,7,9,11). The Labute approximate surface area is 61.7 Å². The minimum atomic E-state index is -0.365. The fourth-order valence-electron chi connectivity index (χ4n) is 0.942. The lowest BCUT2D eigenvalue weighted by atomic mass is 10.5. The van der Waals surface area contributed by atoms with Gasteiger partial charge in [-0.2, -0.15) is 4.98 Å². The zero-order valence-corrected chi connectivity index (χ0v) is 5.90. The predicted molar refractivity (Wildman–Crippen MR) is 39.1 cm³/mol. The summed E-state index contributed by atoms with van der Waals surface area (Å²) in [6.45, 7) is 0. The number of hydrogen-bond donors (Lipinski definition) is 1. The highest BCUT2D eigenvalue weighted by Gasteiger charge is 1.98. The van der Waals surface area contributed by atoms with Crippen LogP contribution in [-0.4, -0.2) is 19.5 Å². The molecule has 0 aromatic carbocycles. The van der Waals surface area contributed by atoms with Crippen LogP contribution in [0.5, 0.6) is 0 Å². The zero-order valence-electron chi connectivity index (χ0n) is 5.90.